The highest BCUT2D eigenvalue weighted by atomic mass is 16.6. The maximum atomic E-state index is 11.3. The molecule has 150 valence electrons. The fraction of sp³-hybridized carbons (Fsp3) is 0.714. The molecule has 1 saturated heterocycles. The molecule has 1 N–H and O–H groups in total. The van der Waals surface area contributed by atoms with Crippen molar-refractivity contribution in [2.24, 2.45) is 0 Å². The quantitative estimate of drug-likeness (QED) is 0.585. The zero-order valence-corrected chi connectivity index (χ0v) is 16.9. The van der Waals surface area contributed by atoms with Gasteiger partial charge in [0, 0.05) is 37.3 Å². The van der Waals surface area contributed by atoms with Gasteiger partial charge < -0.3 is 10.1 Å². The molecule has 2 aliphatic rings. The summed E-state index contributed by atoms with van der Waals surface area (Å²) < 4.78 is 5.80. The molecule has 6 nitrogen and oxygen atoms in total. The van der Waals surface area contributed by atoms with E-state index in [0.29, 0.717) is 17.8 Å². The summed E-state index contributed by atoms with van der Waals surface area (Å²) >= 11 is 0. The van der Waals surface area contributed by atoms with Crippen LogP contribution in [0.25, 0.3) is 0 Å². The first-order valence-electron chi connectivity index (χ1n) is 10.3. The van der Waals surface area contributed by atoms with Crippen molar-refractivity contribution < 1.29 is 9.66 Å². The Bertz CT molecular complexity index is 648. The van der Waals surface area contributed by atoms with Crippen molar-refractivity contribution in [2.75, 3.05) is 25.0 Å². The fourth-order valence-corrected chi connectivity index (χ4v) is 4.64. The predicted octanol–water partition coefficient (Wildman–Crippen LogP) is 4.52. The first-order chi connectivity index (χ1) is 12.9. The zero-order chi connectivity index (χ0) is 19.4. The van der Waals surface area contributed by atoms with Crippen LogP contribution in [0.4, 0.5) is 11.4 Å². The number of nitro groups is 1. The Balaban J connectivity index is 1.55. The molecule has 0 aromatic heterocycles. The minimum absolute atomic E-state index is 0.171. The van der Waals surface area contributed by atoms with Crippen molar-refractivity contribution in [3.8, 4) is 0 Å². The third kappa shape index (κ3) is 4.79. The van der Waals surface area contributed by atoms with E-state index >= 15 is 0 Å². The number of likely N-dealkylation sites (tertiary alicyclic amines) is 1. The second-order valence-electron chi connectivity index (χ2n) is 8.34. The van der Waals surface area contributed by atoms with Crippen LogP contribution in [0.1, 0.15) is 57.9 Å². The van der Waals surface area contributed by atoms with E-state index in [2.05, 4.69) is 24.1 Å². The SMILES string of the molecule is CCO[C@H]1CC[C@@](C)(N2CCC(Nc3cc(C)ccc3[N+](=O)[O-])CC2)CC1. The molecule has 0 unspecified atom stereocenters. The van der Waals surface area contributed by atoms with Gasteiger partial charge in [0.15, 0.2) is 0 Å². The third-order valence-corrected chi connectivity index (χ3v) is 6.38. The third-order valence-electron chi connectivity index (χ3n) is 6.38. The molecule has 0 radical (unpaired) electrons. The Morgan fingerprint density at radius 3 is 2.52 bits per heavy atom. The molecule has 0 bridgehead atoms. The second-order valence-corrected chi connectivity index (χ2v) is 8.34. The minimum Gasteiger partial charge on any atom is -0.379 e. The Morgan fingerprint density at radius 1 is 1.26 bits per heavy atom. The Labute approximate surface area is 162 Å². The lowest BCUT2D eigenvalue weighted by molar-refractivity contribution is -0.384. The van der Waals surface area contributed by atoms with Gasteiger partial charge in [0.25, 0.3) is 5.69 Å². The number of piperidine rings is 1. The Morgan fingerprint density at radius 2 is 1.93 bits per heavy atom. The summed E-state index contributed by atoms with van der Waals surface area (Å²) in [5, 5.41) is 14.7. The van der Waals surface area contributed by atoms with Crippen LogP contribution in [0.3, 0.4) is 0 Å². The van der Waals surface area contributed by atoms with Crippen LogP contribution in [0.15, 0.2) is 18.2 Å². The topological polar surface area (TPSA) is 67.6 Å². The Kier molecular flexibility index (Phi) is 6.37. The van der Waals surface area contributed by atoms with Crippen molar-refractivity contribution in [3.63, 3.8) is 0 Å². The molecular weight excluding hydrogens is 342 g/mol. The fourth-order valence-electron chi connectivity index (χ4n) is 4.64. The lowest BCUT2D eigenvalue weighted by atomic mass is 9.79. The van der Waals surface area contributed by atoms with Crippen LogP contribution in [-0.2, 0) is 4.74 Å². The first-order valence-corrected chi connectivity index (χ1v) is 10.3. The number of rotatable bonds is 6. The molecule has 1 aliphatic heterocycles. The van der Waals surface area contributed by atoms with Gasteiger partial charge in [-0.3, -0.25) is 15.0 Å². The summed E-state index contributed by atoms with van der Waals surface area (Å²) in [5.74, 6) is 0. The molecule has 3 rings (SSSR count). The molecule has 6 heteroatoms. The molecule has 0 spiro atoms. The average molecular weight is 376 g/mol. The van der Waals surface area contributed by atoms with E-state index in [-0.39, 0.29) is 16.1 Å². The van der Waals surface area contributed by atoms with Gasteiger partial charge in [-0.2, -0.15) is 0 Å². The molecule has 2 fully saturated rings. The number of nitro benzene ring substituents is 1. The van der Waals surface area contributed by atoms with E-state index in [9.17, 15) is 10.1 Å². The second kappa shape index (κ2) is 8.57. The molecule has 0 atom stereocenters. The smallest absolute Gasteiger partial charge is 0.292 e. The monoisotopic (exact) mass is 375 g/mol. The van der Waals surface area contributed by atoms with Crippen LogP contribution >= 0.6 is 0 Å². The number of aryl methyl sites for hydroxylation is 1. The van der Waals surface area contributed by atoms with Crippen LogP contribution in [0, 0.1) is 17.0 Å². The van der Waals surface area contributed by atoms with E-state index in [1.165, 1.54) is 12.8 Å². The molecule has 1 aromatic carbocycles. The summed E-state index contributed by atoms with van der Waals surface area (Å²) in [6.45, 7) is 9.35. The Hall–Kier alpha value is -1.66. The molecule has 1 aromatic rings. The van der Waals surface area contributed by atoms with Gasteiger partial charge >= 0.3 is 0 Å². The van der Waals surface area contributed by atoms with Gasteiger partial charge in [0.1, 0.15) is 5.69 Å². The maximum absolute atomic E-state index is 11.3. The number of anilines is 1. The van der Waals surface area contributed by atoms with E-state index < -0.39 is 0 Å². The van der Waals surface area contributed by atoms with Gasteiger partial charge in [-0.25, -0.2) is 0 Å². The van der Waals surface area contributed by atoms with Crippen molar-refractivity contribution >= 4 is 11.4 Å². The molecule has 1 aliphatic carbocycles. The van der Waals surface area contributed by atoms with Gasteiger partial charge in [-0.1, -0.05) is 6.07 Å². The van der Waals surface area contributed by atoms with Crippen molar-refractivity contribution in [3.05, 3.63) is 33.9 Å². The average Bonchev–Trinajstić information content (AvgIpc) is 2.64. The zero-order valence-electron chi connectivity index (χ0n) is 16.9. The van der Waals surface area contributed by atoms with Crippen LogP contribution in [-0.4, -0.2) is 47.2 Å². The molecular formula is C21H33N3O3. The summed E-state index contributed by atoms with van der Waals surface area (Å²) in [4.78, 5) is 13.6. The highest BCUT2D eigenvalue weighted by molar-refractivity contribution is 5.63. The van der Waals surface area contributed by atoms with Gasteiger partial charge in [0.2, 0.25) is 0 Å². The van der Waals surface area contributed by atoms with Gasteiger partial charge in [-0.05, 0) is 70.9 Å². The predicted molar refractivity (Wildman–Crippen MR) is 108 cm³/mol. The molecule has 0 amide bonds. The van der Waals surface area contributed by atoms with Crippen molar-refractivity contribution in [2.45, 2.75) is 77.0 Å². The summed E-state index contributed by atoms with van der Waals surface area (Å²) in [6, 6.07) is 5.58. The molecule has 27 heavy (non-hydrogen) atoms. The number of nitrogens with zero attached hydrogens (tertiary/aromatic N) is 2. The number of nitrogens with one attached hydrogen (secondary N) is 1. The number of benzene rings is 1. The lowest BCUT2D eigenvalue weighted by Gasteiger charge is -2.48. The van der Waals surface area contributed by atoms with Gasteiger partial charge in [0.05, 0.1) is 11.0 Å². The summed E-state index contributed by atoms with van der Waals surface area (Å²) in [6.07, 6.45) is 7.17. The highest BCUT2D eigenvalue weighted by Gasteiger charge is 2.38. The van der Waals surface area contributed by atoms with Gasteiger partial charge in [-0.15, -0.1) is 0 Å². The highest BCUT2D eigenvalue weighted by Crippen LogP contribution is 2.37. The standard InChI is InChI=1S/C21H33N3O3/c1-4-27-18-7-11-21(3,12-8-18)23-13-9-17(10-14-23)22-19-15-16(2)5-6-20(19)24(25)26/h5-6,15,17-18,22H,4,7-14H2,1-3H3/t18-,21+. The van der Waals surface area contributed by atoms with Crippen LogP contribution in [0.2, 0.25) is 0 Å². The first kappa shape index (κ1) is 20.1. The number of hydrogen-bond donors (Lipinski definition) is 1. The van der Waals surface area contributed by atoms with E-state index in [4.69, 9.17) is 4.74 Å². The normalized spacial score (nSPS) is 27.4. The van der Waals surface area contributed by atoms with Crippen molar-refractivity contribution in [1.82, 2.24) is 4.90 Å². The van der Waals surface area contributed by atoms with Crippen LogP contribution in [0.5, 0.6) is 0 Å². The lowest BCUT2D eigenvalue weighted by Crippen LogP contribution is -2.53. The summed E-state index contributed by atoms with van der Waals surface area (Å²) in [5.41, 5.74) is 2.14. The van der Waals surface area contributed by atoms with Crippen molar-refractivity contribution in [1.29, 1.82) is 0 Å². The number of hydrogen-bond acceptors (Lipinski definition) is 5. The summed E-state index contributed by atoms with van der Waals surface area (Å²) in [7, 11) is 0. The van der Waals surface area contributed by atoms with E-state index in [0.717, 1.165) is 50.9 Å². The molecule has 1 heterocycles. The van der Waals surface area contributed by atoms with E-state index in [1.807, 2.05) is 13.0 Å². The minimum atomic E-state index is -0.297. The molecule has 1 saturated carbocycles. The maximum Gasteiger partial charge on any atom is 0.292 e. The van der Waals surface area contributed by atoms with Crippen LogP contribution < -0.4 is 5.32 Å². The number of ether oxygens (including phenoxy) is 1. The largest absolute Gasteiger partial charge is 0.379 e. The van der Waals surface area contributed by atoms with E-state index in [1.54, 1.807) is 12.1 Å².